The molecule has 0 bridgehead atoms. The molecule has 6 nitrogen and oxygen atoms in total. The van der Waals surface area contributed by atoms with Gasteiger partial charge in [-0.15, -0.1) is 0 Å². The number of benzene rings is 1. The predicted molar refractivity (Wildman–Crippen MR) is 112 cm³/mol. The predicted octanol–water partition coefficient (Wildman–Crippen LogP) is 3.72. The summed E-state index contributed by atoms with van der Waals surface area (Å²) in [6, 6.07) is 15.7. The molecule has 4 rings (SSSR count). The molecule has 150 valence electrons. The maximum absolute atomic E-state index is 13.0. The van der Waals surface area contributed by atoms with Crippen LogP contribution in [0.25, 0.3) is 11.3 Å². The summed E-state index contributed by atoms with van der Waals surface area (Å²) in [4.78, 5) is 19.2. The van der Waals surface area contributed by atoms with Crippen LogP contribution >= 0.6 is 0 Å². The molecule has 29 heavy (non-hydrogen) atoms. The molecule has 0 unspecified atom stereocenters. The Morgan fingerprint density at radius 3 is 2.62 bits per heavy atom. The first-order chi connectivity index (χ1) is 14.1. The minimum atomic E-state index is 0.0436. The largest absolute Gasteiger partial charge is 0.477 e. The van der Waals surface area contributed by atoms with Crippen LogP contribution in [-0.2, 0) is 7.05 Å². The van der Waals surface area contributed by atoms with E-state index in [4.69, 9.17) is 4.74 Å². The summed E-state index contributed by atoms with van der Waals surface area (Å²) in [7, 11) is 1.83. The Bertz CT molecular complexity index is 976. The summed E-state index contributed by atoms with van der Waals surface area (Å²) < 4.78 is 7.58. The van der Waals surface area contributed by atoms with Crippen LogP contribution in [0.3, 0.4) is 0 Å². The zero-order valence-electron chi connectivity index (χ0n) is 16.9. The van der Waals surface area contributed by atoms with Gasteiger partial charge in [-0.05, 0) is 37.8 Å². The summed E-state index contributed by atoms with van der Waals surface area (Å²) >= 11 is 0. The van der Waals surface area contributed by atoms with Crippen LogP contribution in [-0.4, -0.2) is 45.3 Å². The Morgan fingerprint density at radius 1 is 1.14 bits per heavy atom. The SMILES string of the molecule is Cc1cccnc1OCC1CCN(C(=O)c2cc(-c3ccccc3)nn2C)CC1. The number of rotatable bonds is 5. The lowest BCUT2D eigenvalue weighted by atomic mass is 9.97. The van der Waals surface area contributed by atoms with Gasteiger partial charge in [0.05, 0.1) is 12.3 Å². The molecule has 0 radical (unpaired) electrons. The van der Waals surface area contributed by atoms with Gasteiger partial charge in [0.1, 0.15) is 5.69 Å². The Labute approximate surface area is 171 Å². The number of hydrogen-bond acceptors (Lipinski definition) is 4. The van der Waals surface area contributed by atoms with E-state index in [1.165, 1.54) is 0 Å². The fourth-order valence-electron chi connectivity index (χ4n) is 3.70. The molecule has 1 fully saturated rings. The number of nitrogens with zero attached hydrogens (tertiary/aromatic N) is 4. The number of aromatic nitrogens is 3. The summed E-state index contributed by atoms with van der Waals surface area (Å²) in [5.41, 5.74) is 3.52. The molecule has 0 atom stereocenters. The Morgan fingerprint density at radius 2 is 1.90 bits per heavy atom. The van der Waals surface area contributed by atoms with Crippen LogP contribution in [0, 0.1) is 12.8 Å². The van der Waals surface area contributed by atoms with Crippen molar-refractivity contribution in [2.75, 3.05) is 19.7 Å². The molecule has 1 saturated heterocycles. The van der Waals surface area contributed by atoms with Gasteiger partial charge in [0.15, 0.2) is 0 Å². The van der Waals surface area contributed by atoms with Crippen molar-refractivity contribution in [3.05, 3.63) is 66.0 Å². The van der Waals surface area contributed by atoms with Crippen molar-refractivity contribution in [1.82, 2.24) is 19.7 Å². The molecular weight excluding hydrogens is 364 g/mol. The number of hydrogen-bond donors (Lipinski definition) is 0. The molecule has 0 saturated carbocycles. The van der Waals surface area contributed by atoms with Gasteiger partial charge in [-0.25, -0.2) is 4.98 Å². The van der Waals surface area contributed by atoms with Gasteiger partial charge in [0.2, 0.25) is 5.88 Å². The number of piperidine rings is 1. The summed E-state index contributed by atoms with van der Waals surface area (Å²) in [5, 5.41) is 4.53. The number of amides is 1. The van der Waals surface area contributed by atoms with E-state index in [1.807, 2.05) is 67.4 Å². The maximum atomic E-state index is 13.0. The Hall–Kier alpha value is -3.15. The van der Waals surface area contributed by atoms with E-state index in [0.29, 0.717) is 24.1 Å². The van der Waals surface area contributed by atoms with Crippen LogP contribution in [0.4, 0.5) is 0 Å². The van der Waals surface area contributed by atoms with Crippen molar-refractivity contribution in [2.24, 2.45) is 13.0 Å². The van der Waals surface area contributed by atoms with Crippen molar-refractivity contribution in [2.45, 2.75) is 19.8 Å². The standard InChI is InChI=1S/C23H26N4O2/c1-17-7-6-12-24-22(17)29-16-18-10-13-27(14-11-18)23(28)21-15-20(25-26(21)2)19-8-4-3-5-9-19/h3-9,12,15,18H,10-11,13-14,16H2,1-2H3. The van der Waals surface area contributed by atoms with Crippen molar-refractivity contribution < 1.29 is 9.53 Å². The second-order valence-electron chi connectivity index (χ2n) is 7.58. The molecule has 3 heterocycles. The first-order valence-corrected chi connectivity index (χ1v) is 10.0. The highest BCUT2D eigenvalue weighted by Gasteiger charge is 2.26. The first-order valence-electron chi connectivity index (χ1n) is 10.0. The van der Waals surface area contributed by atoms with Gasteiger partial charge in [-0.2, -0.15) is 5.10 Å². The maximum Gasteiger partial charge on any atom is 0.272 e. The molecule has 0 N–H and O–H groups in total. The Balaban J connectivity index is 1.35. The molecule has 3 aromatic rings. The van der Waals surface area contributed by atoms with Gasteiger partial charge in [0, 0.05) is 37.5 Å². The van der Waals surface area contributed by atoms with Crippen molar-refractivity contribution in [3.8, 4) is 17.1 Å². The van der Waals surface area contributed by atoms with Crippen LogP contribution in [0.2, 0.25) is 0 Å². The van der Waals surface area contributed by atoms with Gasteiger partial charge in [0.25, 0.3) is 5.91 Å². The third-order valence-electron chi connectivity index (χ3n) is 5.49. The number of pyridine rings is 1. The molecule has 0 spiro atoms. The summed E-state index contributed by atoms with van der Waals surface area (Å²) in [5.74, 6) is 1.18. The zero-order chi connectivity index (χ0) is 20.2. The first kappa shape index (κ1) is 19.2. The molecule has 1 amide bonds. The molecule has 0 aliphatic carbocycles. The molecule has 6 heteroatoms. The smallest absolute Gasteiger partial charge is 0.272 e. The second kappa shape index (κ2) is 8.47. The third kappa shape index (κ3) is 4.31. The molecule has 1 aromatic carbocycles. The van der Waals surface area contributed by atoms with Gasteiger partial charge in [-0.1, -0.05) is 36.4 Å². The fraction of sp³-hybridized carbons (Fsp3) is 0.348. The third-order valence-corrected chi connectivity index (χ3v) is 5.49. The van der Waals surface area contributed by atoms with E-state index in [-0.39, 0.29) is 5.91 Å². The lowest BCUT2D eigenvalue weighted by molar-refractivity contribution is 0.0648. The number of carbonyl (C=O) groups is 1. The number of carbonyl (C=O) groups excluding carboxylic acids is 1. The van der Waals surface area contributed by atoms with Crippen LogP contribution in [0.5, 0.6) is 5.88 Å². The topological polar surface area (TPSA) is 60.2 Å². The highest BCUT2D eigenvalue weighted by atomic mass is 16.5. The minimum absolute atomic E-state index is 0.0436. The van der Waals surface area contributed by atoms with E-state index in [0.717, 1.165) is 42.8 Å². The molecule has 2 aromatic heterocycles. The monoisotopic (exact) mass is 390 g/mol. The summed E-state index contributed by atoms with van der Waals surface area (Å²) in [6.07, 6.45) is 3.61. The highest BCUT2D eigenvalue weighted by Crippen LogP contribution is 2.23. The number of ether oxygens (including phenoxy) is 1. The van der Waals surface area contributed by atoms with Gasteiger partial charge >= 0.3 is 0 Å². The lowest BCUT2D eigenvalue weighted by Gasteiger charge is -2.31. The average Bonchev–Trinajstić information content (AvgIpc) is 3.15. The van der Waals surface area contributed by atoms with Crippen molar-refractivity contribution >= 4 is 5.91 Å². The van der Waals surface area contributed by atoms with E-state index >= 15 is 0 Å². The second-order valence-corrected chi connectivity index (χ2v) is 7.58. The minimum Gasteiger partial charge on any atom is -0.477 e. The average molecular weight is 390 g/mol. The quantitative estimate of drug-likeness (QED) is 0.666. The van der Waals surface area contributed by atoms with Crippen LogP contribution in [0.15, 0.2) is 54.7 Å². The Kier molecular flexibility index (Phi) is 5.60. The van der Waals surface area contributed by atoms with Gasteiger partial charge < -0.3 is 9.64 Å². The number of aryl methyl sites for hydroxylation is 2. The van der Waals surface area contributed by atoms with E-state index in [1.54, 1.807) is 10.9 Å². The van der Waals surface area contributed by atoms with Crippen LogP contribution in [0.1, 0.15) is 28.9 Å². The van der Waals surface area contributed by atoms with E-state index in [9.17, 15) is 4.79 Å². The highest BCUT2D eigenvalue weighted by molar-refractivity contribution is 5.93. The fourth-order valence-corrected chi connectivity index (χ4v) is 3.70. The lowest BCUT2D eigenvalue weighted by Crippen LogP contribution is -2.40. The molecular formula is C23H26N4O2. The van der Waals surface area contributed by atoms with Crippen LogP contribution < -0.4 is 4.74 Å². The summed E-state index contributed by atoms with van der Waals surface area (Å²) in [6.45, 7) is 4.12. The van der Waals surface area contributed by atoms with Gasteiger partial charge in [-0.3, -0.25) is 9.48 Å². The normalized spacial score (nSPS) is 14.8. The molecule has 1 aliphatic heterocycles. The van der Waals surface area contributed by atoms with E-state index in [2.05, 4.69) is 10.1 Å². The molecule has 1 aliphatic rings. The number of likely N-dealkylation sites (tertiary alicyclic amines) is 1. The van der Waals surface area contributed by atoms with Crippen molar-refractivity contribution in [1.29, 1.82) is 0 Å². The zero-order valence-corrected chi connectivity index (χ0v) is 16.9. The van der Waals surface area contributed by atoms with E-state index < -0.39 is 0 Å². The van der Waals surface area contributed by atoms with Crippen molar-refractivity contribution in [3.63, 3.8) is 0 Å².